The first-order valence-corrected chi connectivity index (χ1v) is 45.9. The Morgan fingerprint density at radius 3 is 0.654 bits per heavy atom. The van der Waals surface area contributed by atoms with E-state index in [1.807, 2.05) is 66.7 Å². The van der Waals surface area contributed by atoms with Gasteiger partial charge < -0.3 is 0 Å². The summed E-state index contributed by atoms with van der Waals surface area (Å²) in [6.07, 6.45) is 0. The Hall–Kier alpha value is -18.3. The second-order valence-corrected chi connectivity index (χ2v) is 34.6. The van der Waals surface area contributed by atoms with Crippen LogP contribution in [0.2, 0.25) is 0 Å². The highest BCUT2D eigenvalue weighted by Gasteiger charge is 2.22. The molecule has 632 valence electrons. The summed E-state index contributed by atoms with van der Waals surface area (Å²) < 4.78 is 0. The maximum atomic E-state index is 5.18. The van der Waals surface area contributed by atoms with E-state index in [9.17, 15) is 0 Å². The molecule has 0 saturated carbocycles. The van der Waals surface area contributed by atoms with Crippen molar-refractivity contribution >= 4 is 140 Å². The lowest BCUT2D eigenvalue weighted by atomic mass is 9.95. The van der Waals surface area contributed by atoms with E-state index >= 15 is 0 Å². The van der Waals surface area contributed by atoms with Gasteiger partial charge >= 0.3 is 0 Å². The van der Waals surface area contributed by atoms with Gasteiger partial charge in [0.1, 0.15) is 0 Å². The largest absolute Gasteiger partial charge is 0.208 e. The molecule has 0 amide bonds. The Labute approximate surface area is 783 Å². The van der Waals surface area contributed by atoms with Gasteiger partial charge in [0.25, 0.3) is 0 Å². The molecule has 3 heterocycles. The van der Waals surface area contributed by atoms with Crippen molar-refractivity contribution in [1.29, 1.82) is 0 Å². The lowest BCUT2D eigenvalue weighted by molar-refractivity contribution is 1.07. The van der Waals surface area contributed by atoms with E-state index in [1.165, 1.54) is 124 Å². The third-order valence-electron chi connectivity index (χ3n) is 26.4. The summed E-state index contributed by atoms with van der Waals surface area (Å²) in [5, 5.41) is 31.6. The summed E-state index contributed by atoms with van der Waals surface area (Å²) in [4.78, 5) is 45.8. The van der Waals surface area contributed by atoms with Crippen molar-refractivity contribution in [3.8, 4) is 125 Å². The van der Waals surface area contributed by atoms with Gasteiger partial charge in [0.15, 0.2) is 52.4 Å². The van der Waals surface area contributed by atoms with Crippen LogP contribution in [0.25, 0.3) is 265 Å². The first-order chi connectivity index (χ1) is 67.3. The topological polar surface area (TPSA) is 116 Å². The summed E-state index contributed by atoms with van der Waals surface area (Å²) in [5.41, 5.74) is 13.1. The molecular formula is C127H79N9. The molecule has 27 aromatic rings. The molecule has 0 saturated heterocycles. The van der Waals surface area contributed by atoms with E-state index in [-0.39, 0.29) is 0 Å². The lowest BCUT2D eigenvalue weighted by Crippen LogP contribution is -2.00. The van der Waals surface area contributed by atoms with Crippen LogP contribution >= 0.6 is 0 Å². The van der Waals surface area contributed by atoms with Gasteiger partial charge in [0.05, 0.1) is 0 Å². The molecule has 0 aliphatic rings. The highest BCUT2D eigenvalue weighted by atomic mass is 15.1. The van der Waals surface area contributed by atoms with Crippen molar-refractivity contribution in [2.75, 3.05) is 0 Å². The second-order valence-electron chi connectivity index (χ2n) is 34.6. The SMILES string of the molecule is c1ccc(-c2cc(-c3ccccc3)cc(-c3nc(-c4ccccc4)nc(-c4ccc5ccc6c7ccccc7ccc6c5c4)n3)c2)cc1.c1ccc(-c2nc(-c3ccc4c(ccc5ccccc54)c3)nc(-c3ccc4ccc5c6ccccc6ccc5c4c3)n2)cc1.c1ccc(-c2nc(-c3ccc4ccc5c6ccccc6ccc5c4c3)nc(-c3cc4ccccc4c4ccccc34)n2)cc1. The molecule has 0 aliphatic heterocycles. The first-order valence-electron chi connectivity index (χ1n) is 45.9. The minimum absolute atomic E-state index is 0.637. The number of nitrogens with zero attached hydrogens (tertiary/aromatic N) is 9. The predicted octanol–water partition coefficient (Wildman–Crippen LogP) is 32.9. The van der Waals surface area contributed by atoms with E-state index in [2.05, 4.69) is 413 Å². The summed E-state index contributed by atoms with van der Waals surface area (Å²) >= 11 is 0. The summed E-state index contributed by atoms with van der Waals surface area (Å²) in [5.74, 6) is 5.89. The zero-order valence-corrected chi connectivity index (χ0v) is 73.6. The van der Waals surface area contributed by atoms with Crippen LogP contribution < -0.4 is 0 Å². The zero-order chi connectivity index (χ0) is 89.9. The van der Waals surface area contributed by atoms with Crippen molar-refractivity contribution in [1.82, 2.24) is 44.9 Å². The van der Waals surface area contributed by atoms with Crippen LogP contribution in [0.4, 0.5) is 0 Å². The number of benzene rings is 24. The monoisotopic (exact) mass is 1730 g/mol. The molecule has 24 aromatic carbocycles. The van der Waals surface area contributed by atoms with Crippen molar-refractivity contribution in [3.05, 3.63) is 479 Å². The van der Waals surface area contributed by atoms with Crippen LogP contribution in [0.5, 0.6) is 0 Å². The van der Waals surface area contributed by atoms with Gasteiger partial charge in [-0.1, -0.05) is 431 Å². The average molecular weight is 1730 g/mol. The van der Waals surface area contributed by atoms with Gasteiger partial charge in [-0.3, -0.25) is 0 Å². The summed E-state index contributed by atoms with van der Waals surface area (Å²) in [7, 11) is 0. The molecule has 0 N–H and O–H groups in total. The summed E-state index contributed by atoms with van der Waals surface area (Å²) in [6, 6.07) is 169. The van der Waals surface area contributed by atoms with Gasteiger partial charge in [-0.2, -0.15) is 0 Å². The number of fused-ring (bicyclic) bond motifs is 21. The molecule has 3 aromatic heterocycles. The van der Waals surface area contributed by atoms with Gasteiger partial charge in [-0.15, -0.1) is 0 Å². The Morgan fingerprint density at radius 1 is 0.0882 bits per heavy atom. The van der Waals surface area contributed by atoms with Crippen molar-refractivity contribution in [3.63, 3.8) is 0 Å². The fourth-order valence-corrected chi connectivity index (χ4v) is 19.7. The van der Waals surface area contributed by atoms with Gasteiger partial charge in [0, 0.05) is 50.1 Å². The first kappa shape index (κ1) is 79.8. The fraction of sp³-hybridized carbons (Fsp3) is 0. The summed E-state index contributed by atoms with van der Waals surface area (Å²) in [6.45, 7) is 0. The Bertz CT molecular complexity index is 9370. The second kappa shape index (κ2) is 34.2. The van der Waals surface area contributed by atoms with E-state index < -0.39 is 0 Å². The predicted molar refractivity (Wildman–Crippen MR) is 567 cm³/mol. The van der Waals surface area contributed by atoms with Crippen molar-refractivity contribution in [2.45, 2.75) is 0 Å². The highest BCUT2D eigenvalue weighted by molar-refractivity contribution is 6.21. The van der Waals surface area contributed by atoms with Crippen LogP contribution in [0.15, 0.2) is 479 Å². The molecule has 0 atom stereocenters. The number of aromatic nitrogens is 9. The minimum Gasteiger partial charge on any atom is -0.208 e. The standard InChI is InChI=1S/C45H29N3.2C41H25N3/c1-4-12-30(13-5-1)36-26-37(31-14-6-2-7-15-31)28-38(27-36)45-47-43(34-17-8-3-9-18-34)46-44(48-45)35-21-20-33-23-24-40-39-19-11-10-16-32(39)22-25-41(40)42(33)29-35;1-2-11-28(12-3-1)39-42-40(44-41(43-39)38-24-29-13-5-7-15-32(29)33-16-8-9-17-34(33)38)30-19-18-27-21-22-35-31-14-6-4-10-26(31)20-23-36(35)37(27)25-30;1-2-10-29(11-3-1)39-42-40(31-20-21-35-30(24-31)16-14-26-8-4-6-12-33(26)35)44-41(43-39)32-17-15-28-19-22-36-34-13-7-5-9-27(34)18-23-37(36)38(28)25-32/h1-29H;2*1-25H. The van der Waals surface area contributed by atoms with Gasteiger partial charge in [0.2, 0.25) is 0 Å². The Balaban J connectivity index is 0.000000109. The lowest BCUT2D eigenvalue weighted by Gasteiger charge is -2.13. The highest BCUT2D eigenvalue weighted by Crippen LogP contribution is 2.43. The van der Waals surface area contributed by atoms with E-state index in [0.717, 1.165) is 88.5 Å². The molecule has 9 nitrogen and oxygen atoms in total. The van der Waals surface area contributed by atoms with Crippen LogP contribution in [-0.4, -0.2) is 44.9 Å². The molecule has 0 fully saturated rings. The Kier molecular flexibility index (Phi) is 20.1. The number of rotatable bonds is 11. The third-order valence-corrected chi connectivity index (χ3v) is 26.4. The minimum atomic E-state index is 0.637. The normalized spacial score (nSPS) is 11.5. The van der Waals surface area contributed by atoms with E-state index in [4.69, 9.17) is 44.9 Å². The number of hydrogen-bond acceptors (Lipinski definition) is 9. The fourth-order valence-electron chi connectivity index (χ4n) is 19.7. The zero-order valence-electron chi connectivity index (χ0n) is 73.6. The molecule has 136 heavy (non-hydrogen) atoms. The number of hydrogen-bond donors (Lipinski definition) is 0. The maximum absolute atomic E-state index is 5.18. The van der Waals surface area contributed by atoms with Crippen molar-refractivity contribution in [2.24, 2.45) is 0 Å². The molecular weight excluding hydrogens is 1650 g/mol. The smallest absolute Gasteiger partial charge is 0.164 e. The Morgan fingerprint density at radius 2 is 0.287 bits per heavy atom. The van der Waals surface area contributed by atoms with Crippen LogP contribution in [-0.2, 0) is 0 Å². The van der Waals surface area contributed by atoms with Crippen LogP contribution in [0.1, 0.15) is 0 Å². The average Bonchev–Trinajstić information content (AvgIpc) is 0.761. The quantitative estimate of drug-likeness (QED) is 0.117. The molecule has 0 radical (unpaired) electrons. The third kappa shape index (κ3) is 15.0. The molecule has 0 unspecified atom stereocenters. The van der Waals surface area contributed by atoms with Gasteiger partial charge in [-0.05, 0) is 211 Å². The van der Waals surface area contributed by atoms with E-state index in [1.54, 1.807) is 0 Å². The maximum Gasteiger partial charge on any atom is 0.164 e. The van der Waals surface area contributed by atoms with Crippen LogP contribution in [0.3, 0.4) is 0 Å². The molecule has 0 bridgehead atoms. The van der Waals surface area contributed by atoms with Gasteiger partial charge in [-0.25, -0.2) is 44.9 Å². The van der Waals surface area contributed by atoms with Crippen molar-refractivity contribution < 1.29 is 0 Å². The molecule has 9 heteroatoms. The van der Waals surface area contributed by atoms with Crippen LogP contribution in [0, 0.1) is 0 Å². The molecule has 0 aliphatic carbocycles. The molecule has 27 rings (SSSR count). The molecule has 0 spiro atoms. The van der Waals surface area contributed by atoms with E-state index in [0.29, 0.717) is 52.4 Å².